The van der Waals surface area contributed by atoms with E-state index < -0.39 is 0 Å². The molecule has 3 rings (SSSR count). The van der Waals surface area contributed by atoms with Crippen molar-refractivity contribution in [3.63, 3.8) is 0 Å². The molecule has 1 aliphatic heterocycles. The summed E-state index contributed by atoms with van der Waals surface area (Å²) in [4.78, 5) is 7.13. The number of benzene rings is 2. The van der Waals surface area contributed by atoms with Gasteiger partial charge in [0.15, 0.2) is 5.96 Å². The first-order valence-electron chi connectivity index (χ1n) is 11.4. The molecule has 7 heteroatoms. The van der Waals surface area contributed by atoms with Gasteiger partial charge < -0.3 is 29.7 Å². The summed E-state index contributed by atoms with van der Waals surface area (Å²) in [6, 6.07) is 16.3. The highest BCUT2D eigenvalue weighted by atomic mass is 16.5. The van der Waals surface area contributed by atoms with Gasteiger partial charge in [-0.1, -0.05) is 18.2 Å². The first-order valence-corrected chi connectivity index (χ1v) is 11.4. The molecule has 1 aliphatic rings. The summed E-state index contributed by atoms with van der Waals surface area (Å²) in [5.41, 5.74) is 1.13. The minimum Gasteiger partial charge on any atom is -0.497 e. The quantitative estimate of drug-likeness (QED) is 0.458. The normalized spacial score (nSPS) is 15.8. The maximum absolute atomic E-state index is 5.94. The van der Waals surface area contributed by atoms with Crippen LogP contribution in [0.15, 0.2) is 53.5 Å². The second-order valence-electron chi connectivity index (χ2n) is 7.94. The van der Waals surface area contributed by atoms with Crippen LogP contribution >= 0.6 is 0 Å². The molecule has 1 unspecified atom stereocenters. The predicted octanol–water partition coefficient (Wildman–Crippen LogP) is 3.70. The van der Waals surface area contributed by atoms with Crippen molar-refractivity contribution in [3.05, 3.63) is 48.5 Å². The molecule has 2 aromatic rings. The number of methoxy groups -OCH3 is 2. The maximum Gasteiger partial charge on any atom is 0.191 e. The Bertz CT molecular complexity index is 829. The van der Waals surface area contributed by atoms with E-state index in [-0.39, 0.29) is 6.10 Å². The van der Waals surface area contributed by atoms with Crippen molar-refractivity contribution in [2.45, 2.75) is 38.8 Å². The lowest BCUT2D eigenvalue weighted by Crippen LogP contribution is -2.49. The third-order valence-electron chi connectivity index (χ3n) is 5.47. The molecule has 1 fully saturated rings. The lowest BCUT2D eigenvalue weighted by atomic mass is 10.0. The summed E-state index contributed by atoms with van der Waals surface area (Å²) in [5, 5.41) is 6.96. The Labute approximate surface area is 191 Å². The number of ether oxygens (including phenoxy) is 3. The monoisotopic (exact) mass is 440 g/mol. The fourth-order valence-electron chi connectivity index (χ4n) is 3.76. The molecule has 0 saturated carbocycles. The Morgan fingerprint density at radius 3 is 2.28 bits per heavy atom. The molecule has 2 N–H and O–H groups in total. The lowest BCUT2D eigenvalue weighted by molar-refractivity contribution is 0.230. The molecular formula is C25H36N4O3. The minimum absolute atomic E-state index is 0.00209. The summed E-state index contributed by atoms with van der Waals surface area (Å²) in [6.07, 6.45) is 2.05. The molecule has 0 spiro atoms. The molecule has 0 aromatic heterocycles. The average molecular weight is 441 g/mol. The van der Waals surface area contributed by atoms with Crippen LogP contribution < -0.4 is 29.7 Å². The molecular weight excluding hydrogens is 404 g/mol. The number of aliphatic imine (C=N–C) groups is 1. The predicted molar refractivity (Wildman–Crippen MR) is 130 cm³/mol. The zero-order chi connectivity index (χ0) is 22.8. The van der Waals surface area contributed by atoms with Gasteiger partial charge >= 0.3 is 0 Å². The molecule has 0 amide bonds. The third-order valence-corrected chi connectivity index (χ3v) is 5.47. The second kappa shape index (κ2) is 12.1. The number of nitrogens with zero attached hydrogens (tertiary/aromatic N) is 2. The number of nitrogens with one attached hydrogen (secondary N) is 2. The molecule has 174 valence electrons. The zero-order valence-electron chi connectivity index (χ0n) is 19.6. The van der Waals surface area contributed by atoms with Crippen LogP contribution in [0.5, 0.6) is 17.2 Å². The summed E-state index contributed by atoms with van der Waals surface area (Å²) in [5.74, 6) is 3.34. The Morgan fingerprint density at radius 2 is 1.69 bits per heavy atom. The van der Waals surface area contributed by atoms with E-state index in [2.05, 4.69) is 34.6 Å². The maximum atomic E-state index is 5.94. The molecule has 7 nitrogen and oxygen atoms in total. The Morgan fingerprint density at radius 1 is 1.03 bits per heavy atom. The van der Waals surface area contributed by atoms with Gasteiger partial charge in [0, 0.05) is 49.6 Å². The number of guanidine groups is 1. The van der Waals surface area contributed by atoms with Crippen LogP contribution in [0.3, 0.4) is 0 Å². The summed E-state index contributed by atoms with van der Waals surface area (Å²) in [7, 11) is 3.37. The van der Waals surface area contributed by atoms with Gasteiger partial charge in [0.25, 0.3) is 0 Å². The number of rotatable bonds is 9. The van der Waals surface area contributed by atoms with Crippen LogP contribution in [0.2, 0.25) is 0 Å². The topological polar surface area (TPSA) is 67.4 Å². The van der Waals surface area contributed by atoms with Gasteiger partial charge in [0.05, 0.1) is 20.8 Å². The fraction of sp³-hybridized carbons (Fsp3) is 0.480. The van der Waals surface area contributed by atoms with Gasteiger partial charge in [-0.2, -0.15) is 0 Å². The zero-order valence-corrected chi connectivity index (χ0v) is 19.6. The Balaban J connectivity index is 1.53. The van der Waals surface area contributed by atoms with Crippen LogP contribution in [0.1, 0.15) is 26.7 Å². The van der Waals surface area contributed by atoms with E-state index in [0.717, 1.165) is 61.4 Å². The van der Waals surface area contributed by atoms with Crippen molar-refractivity contribution < 1.29 is 14.2 Å². The van der Waals surface area contributed by atoms with Crippen molar-refractivity contribution in [3.8, 4) is 17.2 Å². The molecule has 0 radical (unpaired) electrons. The van der Waals surface area contributed by atoms with Crippen LogP contribution in [0.4, 0.5) is 5.69 Å². The van der Waals surface area contributed by atoms with Crippen molar-refractivity contribution in [1.29, 1.82) is 0 Å². The first kappa shape index (κ1) is 23.6. The fourth-order valence-corrected chi connectivity index (χ4v) is 3.76. The number of hydrogen-bond donors (Lipinski definition) is 2. The molecule has 32 heavy (non-hydrogen) atoms. The van der Waals surface area contributed by atoms with Crippen LogP contribution in [-0.4, -0.2) is 58.5 Å². The molecule has 0 bridgehead atoms. The number of hydrogen-bond acceptors (Lipinski definition) is 5. The van der Waals surface area contributed by atoms with Crippen molar-refractivity contribution in [1.82, 2.24) is 10.6 Å². The van der Waals surface area contributed by atoms with E-state index in [9.17, 15) is 0 Å². The number of piperidine rings is 1. The molecule has 0 aliphatic carbocycles. The highest BCUT2D eigenvalue weighted by molar-refractivity contribution is 5.80. The molecule has 2 aromatic carbocycles. The standard InChI is InChI=1S/C25H36N4O3/c1-5-26-25(27-18-19(2)32-22-9-7-6-8-10-22)28-20-11-13-29(14-12-20)21-15-23(30-3)17-24(16-21)31-4/h6-10,15-17,19-20H,5,11-14,18H2,1-4H3,(H2,26,27,28). The van der Waals surface area contributed by atoms with Gasteiger partial charge in [-0.25, -0.2) is 4.99 Å². The van der Waals surface area contributed by atoms with Crippen molar-refractivity contribution in [2.75, 3.05) is 45.3 Å². The SMILES string of the molecule is CCNC(=NCC(C)Oc1ccccc1)NC1CCN(c2cc(OC)cc(OC)c2)CC1. The molecule has 1 heterocycles. The Kier molecular flexibility index (Phi) is 8.90. The highest BCUT2D eigenvalue weighted by Crippen LogP contribution is 2.30. The highest BCUT2D eigenvalue weighted by Gasteiger charge is 2.21. The van der Waals surface area contributed by atoms with Gasteiger partial charge in [-0.15, -0.1) is 0 Å². The van der Waals surface area contributed by atoms with Crippen molar-refractivity contribution >= 4 is 11.6 Å². The Hall–Kier alpha value is -3.09. The number of anilines is 1. The smallest absolute Gasteiger partial charge is 0.191 e. The van der Waals surface area contributed by atoms with E-state index in [1.165, 1.54) is 0 Å². The van der Waals surface area contributed by atoms with Gasteiger partial charge in [0.2, 0.25) is 0 Å². The van der Waals surface area contributed by atoms with E-state index in [1.807, 2.05) is 43.3 Å². The van der Waals surface area contributed by atoms with E-state index >= 15 is 0 Å². The van der Waals surface area contributed by atoms with E-state index in [0.29, 0.717) is 12.6 Å². The minimum atomic E-state index is -0.00209. The number of para-hydroxylation sites is 1. The average Bonchev–Trinajstić information content (AvgIpc) is 2.83. The second-order valence-corrected chi connectivity index (χ2v) is 7.94. The van der Waals surface area contributed by atoms with Crippen LogP contribution in [0.25, 0.3) is 0 Å². The lowest BCUT2D eigenvalue weighted by Gasteiger charge is -2.35. The summed E-state index contributed by atoms with van der Waals surface area (Å²) < 4.78 is 16.8. The van der Waals surface area contributed by atoms with E-state index in [4.69, 9.17) is 19.2 Å². The van der Waals surface area contributed by atoms with Gasteiger partial charge in [-0.3, -0.25) is 0 Å². The third kappa shape index (κ3) is 6.97. The molecule has 1 atom stereocenters. The first-order chi connectivity index (χ1) is 15.6. The van der Waals surface area contributed by atoms with Gasteiger partial charge in [0.1, 0.15) is 23.4 Å². The van der Waals surface area contributed by atoms with E-state index in [1.54, 1.807) is 14.2 Å². The van der Waals surface area contributed by atoms with Crippen molar-refractivity contribution in [2.24, 2.45) is 4.99 Å². The van der Waals surface area contributed by atoms with Crippen LogP contribution in [0, 0.1) is 0 Å². The largest absolute Gasteiger partial charge is 0.497 e. The summed E-state index contributed by atoms with van der Waals surface area (Å²) in [6.45, 7) is 7.46. The summed E-state index contributed by atoms with van der Waals surface area (Å²) >= 11 is 0. The van der Waals surface area contributed by atoms with Crippen LogP contribution in [-0.2, 0) is 0 Å². The molecule has 1 saturated heterocycles. The van der Waals surface area contributed by atoms with Gasteiger partial charge in [-0.05, 0) is 38.8 Å².